The number of methoxy groups -OCH3 is 1. The van der Waals surface area contributed by atoms with Gasteiger partial charge in [-0.1, -0.05) is 36.4 Å². The zero-order valence-electron chi connectivity index (χ0n) is 19.4. The summed E-state index contributed by atoms with van der Waals surface area (Å²) in [5.41, 5.74) is 4.62. The van der Waals surface area contributed by atoms with Crippen LogP contribution in [0.25, 0.3) is 0 Å². The second kappa shape index (κ2) is 14.3. The highest BCUT2D eigenvalue weighted by Gasteiger charge is 2.17. The van der Waals surface area contributed by atoms with Gasteiger partial charge in [-0.2, -0.15) is 0 Å². The van der Waals surface area contributed by atoms with Crippen LogP contribution in [0.5, 0.6) is 5.75 Å². The van der Waals surface area contributed by atoms with Gasteiger partial charge in [0.05, 0.1) is 19.3 Å². The molecule has 7 heteroatoms. The van der Waals surface area contributed by atoms with Gasteiger partial charge in [-0.25, -0.2) is 4.99 Å². The van der Waals surface area contributed by atoms with Gasteiger partial charge in [0.1, 0.15) is 12.4 Å². The Bertz CT molecular complexity index is 854. The second-order valence-corrected chi connectivity index (χ2v) is 7.81. The maximum Gasteiger partial charge on any atom is 0.191 e. The quantitative estimate of drug-likeness (QED) is 0.257. The topological polar surface area (TPSA) is 64.1 Å². The fraction of sp³-hybridized carbons (Fsp3) is 0.480. The highest BCUT2D eigenvalue weighted by atomic mass is 127. The predicted molar refractivity (Wildman–Crippen MR) is 140 cm³/mol. The van der Waals surface area contributed by atoms with Gasteiger partial charge in [0, 0.05) is 32.4 Å². The molecule has 0 aliphatic carbocycles. The van der Waals surface area contributed by atoms with E-state index in [2.05, 4.69) is 54.8 Å². The first kappa shape index (κ1) is 26.4. The Hall–Kier alpha value is -1.84. The van der Waals surface area contributed by atoms with Crippen molar-refractivity contribution in [3.63, 3.8) is 0 Å². The summed E-state index contributed by atoms with van der Waals surface area (Å²) in [5, 5.41) is 6.77. The van der Waals surface area contributed by atoms with Gasteiger partial charge in [-0.3, -0.25) is 0 Å². The largest absolute Gasteiger partial charge is 0.491 e. The van der Waals surface area contributed by atoms with Crippen LogP contribution >= 0.6 is 24.0 Å². The average molecular weight is 553 g/mol. The summed E-state index contributed by atoms with van der Waals surface area (Å²) in [4.78, 5) is 4.80. The number of aliphatic imine (C=N–C) groups is 1. The Balaban J connectivity index is 0.00000363. The van der Waals surface area contributed by atoms with E-state index >= 15 is 0 Å². The molecule has 0 spiro atoms. The van der Waals surface area contributed by atoms with Crippen LogP contribution in [-0.4, -0.2) is 38.9 Å². The number of halogens is 1. The van der Waals surface area contributed by atoms with Gasteiger partial charge in [-0.05, 0) is 49.4 Å². The van der Waals surface area contributed by atoms with E-state index in [0.29, 0.717) is 26.3 Å². The molecule has 6 nitrogen and oxygen atoms in total. The molecule has 0 amide bonds. The maximum absolute atomic E-state index is 6.12. The Kier molecular flexibility index (Phi) is 11.8. The van der Waals surface area contributed by atoms with Crippen LogP contribution in [-0.2, 0) is 29.2 Å². The molecule has 1 heterocycles. The number of rotatable bonds is 10. The SMILES string of the molecule is CCNC(=NCc1ccc(C)cc1OCC1CCCO1)NCc1ccccc1COC.I. The zero-order chi connectivity index (χ0) is 21.9. The average Bonchev–Trinajstić information content (AvgIpc) is 3.30. The standard InChI is InChI=1S/C25H35N3O3.HI/c1-4-26-25(27-15-20-8-5-6-9-22(20)17-29-3)28-16-21-12-11-19(2)14-24(21)31-18-23-10-7-13-30-23;/h5-6,8-9,11-12,14,23H,4,7,10,13,15-18H2,1-3H3,(H2,26,27,28);1H. The summed E-state index contributed by atoms with van der Waals surface area (Å²) < 4.78 is 17.1. The van der Waals surface area contributed by atoms with Gasteiger partial charge < -0.3 is 24.8 Å². The highest BCUT2D eigenvalue weighted by Crippen LogP contribution is 2.23. The van der Waals surface area contributed by atoms with Crippen molar-refractivity contribution >= 4 is 29.9 Å². The van der Waals surface area contributed by atoms with Crippen LogP contribution in [0.15, 0.2) is 47.5 Å². The van der Waals surface area contributed by atoms with Crippen molar-refractivity contribution < 1.29 is 14.2 Å². The van der Waals surface area contributed by atoms with Crippen molar-refractivity contribution in [2.75, 3.05) is 26.9 Å². The molecular weight excluding hydrogens is 517 g/mol. The maximum atomic E-state index is 6.12. The molecule has 1 aliphatic rings. The van der Waals surface area contributed by atoms with Crippen LogP contribution in [0.4, 0.5) is 0 Å². The van der Waals surface area contributed by atoms with Crippen molar-refractivity contribution in [1.29, 1.82) is 0 Å². The van der Waals surface area contributed by atoms with E-state index in [9.17, 15) is 0 Å². The van der Waals surface area contributed by atoms with Gasteiger partial charge in [0.25, 0.3) is 0 Å². The minimum atomic E-state index is 0. The number of guanidine groups is 1. The second-order valence-electron chi connectivity index (χ2n) is 7.81. The fourth-order valence-corrected chi connectivity index (χ4v) is 3.60. The molecule has 32 heavy (non-hydrogen) atoms. The smallest absolute Gasteiger partial charge is 0.191 e. The lowest BCUT2D eigenvalue weighted by atomic mass is 10.1. The van der Waals surface area contributed by atoms with E-state index in [1.165, 1.54) is 16.7 Å². The van der Waals surface area contributed by atoms with Crippen LogP contribution in [0.3, 0.4) is 0 Å². The molecule has 1 unspecified atom stereocenters. The molecular formula is C25H36IN3O3. The number of benzene rings is 2. The molecule has 2 aromatic rings. The minimum Gasteiger partial charge on any atom is -0.491 e. The number of nitrogens with one attached hydrogen (secondary N) is 2. The Labute approximate surface area is 209 Å². The molecule has 0 bridgehead atoms. The molecule has 1 saturated heterocycles. The van der Waals surface area contributed by atoms with E-state index in [4.69, 9.17) is 19.2 Å². The molecule has 1 atom stereocenters. The first-order valence-electron chi connectivity index (χ1n) is 11.1. The predicted octanol–water partition coefficient (Wildman–Crippen LogP) is 4.57. The summed E-state index contributed by atoms with van der Waals surface area (Å²) >= 11 is 0. The summed E-state index contributed by atoms with van der Waals surface area (Å²) in [6.07, 6.45) is 2.38. The lowest BCUT2D eigenvalue weighted by Crippen LogP contribution is -2.37. The van der Waals surface area contributed by atoms with E-state index in [-0.39, 0.29) is 30.1 Å². The van der Waals surface area contributed by atoms with Crippen molar-refractivity contribution in [2.24, 2.45) is 4.99 Å². The third-order valence-corrected chi connectivity index (χ3v) is 5.29. The van der Waals surface area contributed by atoms with Gasteiger partial charge in [0.15, 0.2) is 5.96 Å². The Morgan fingerprint density at radius 3 is 2.66 bits per heavy atom. The van der Waals surface area contributed by atoms with Gasteiger partial charge in [-0.15, -0.1) is 24.0 Å². The van der Waals surface area contributed by atoms with Crippen LogP contribution in [0.2, 0.25) is 0 Å². The lowest BCUT2D eigenvalue weighted by molar-refractivity contribution is 0.0676. The third-order valence-electron chi connectivity index (χ3n) is 5.29. The van der Waals surface area contributed by atoms with Crippen molar-refractivity contribution in [2.45, 2.75) is 52.5 Å². The minimum absolute atomic E-state index is 0. The van der Waals surface area contributed by atoms with Crippen LogP contribution < -0.4 is 15.4 Å². The van der Waals surface area contributed by atoms with Crippen LogP contribution in [0.1, 0.15) is 42.0 Å². The molecule has 0 radical (unpaired) electrons. The lowest BCUT2D eigenvalue weighted by Gasteiger charge is -2.16. The molecule has 1 fully saturated rings. The molecule has 2 N–H and O–H groups in total. The number of hydrogen-bond acceptors (Lipinski definition) is 4. The van der Waals surface area contributed by atoms with E-state index in [1.807, 2.05) is 12.1 Å². The summed E-state index contributed by atoms with van der Waals surface area (Å²) in [6.45, 7) is 8.19. The number of ether oxygens (including phenoxy) is 3. The van der Waals surface area contributed by atoms with Crippen molar-refractivity contribution in [1.82, 2.24) is 10.6 Å². The first-order valence-corrected chi connectivity index (χ1v) is 11.1. The van der Waals surface area contributed by atoms with Gasteiger partial charge >= 0.3 is 0 Å². The Morgan fingerprint density at radius 1 is 1.12 bits per heavy atom. The molecule has 0 saturated carbocycles. The molecule has 0 aromatic heterocycles. The molecule has 2 aromatic carbocycles. The first-order chi connectivity index (χ1) is 15.2. The fourth-order valence-electron chi connectivity index (χ4n) is 3.60. The van der Waals surface area contributed by atoms with E-state index < -0.39 is 0 Å². The summed E-state index contributed by atoms with van der Waals surface area (Å²) in [7, 11) is 1.72. The highest BCUT2D eigenvalue weighted by molar-refractivity contribution is 14.0. The third kappa shape index (κ3) is 8.26. The van der Waals surface area contributed by atoms with Gasteiger partial charge in [0.2, 0.25) is 0 Å². The van der Waals surface area contributed by atoms with E-state index in [0.717, 1.165) is 43.3 Å². The summed E-state index contributed by atoms with van der Waals surface area (Å²) in [5.74, 6) is 1.67. The van der Waals surface area contributed by atoms with Crippen molar-refractivity contribution in [3.8, 4) is 5.75 Å². The molecule has 176 valence electrons. The Morgan fingerprint density at radius 2 is 1.94 bits per heavy atom. The molecule has 3 rings (SSSR count). The van der Waals surface area contributed by atoms with Crippen molar-refractivity contribution in [3.05, 3.63) is 64.7 Å². The number of nitrogens with zero attached hydrogens (tertiary/aromatic N) is 1. The summed E-state index contributed by atoms with van der Waals surface area (Å²) in [6, 6.07) is 14.6. The number of hydrogen-bond donors (Lipinski definition) is 2. The van der Waals surface area contributed by atoms with E-state index in [1.54, 1.807) is 7.11 Å². The molecule has 1 aliphatic heterocycles. The van der Waals surface area contributed by atoms with Crippen LogP contribution in [0, 0.1) is 6.92 Å². The monoisotopic (exact) mass is 553 g/mol. The number of aryl methyl sites for hydroxylation is 1. The normalized spacial score (nSPS) is 15.8. The zero-order valence-corrected chi connectivity index (χ0v) is 21.7.